The first-order valence-electron chi connectivity index (χ1n) is 8.40. The molecule has 1 aromatic heterocycles. The van der Waals surface area contributed by atoms with Crippen LogP contribution in [0.2, 0.25) is 0 Å². The van der Waals surface area contributed by atoms with Gasteiger partial charge in [0.1, 0.15) is 16.4 Å². The summed E-state index contributed by atoms with van der Waals surface area (Å²) in [5, 5.41) is 10.7. The van der Waals surface area contributed by atoms with Crippen molar-refractivity contribution < 1.29 is 14.1 Å². The van der Waals surface area contributed by atoms with Crippen LogP contribution < -0.4 is 4.74 Å². The van der Waals surface area contributed by atoms with E-state index in [0.29, 0.717) is 12.3 Å². The predicted molar refractivity (Wildman–Crippen MR) is 96.3 cm³/mol. The van der Waals surface area contributed by atoms with E-state index in [4.69, 9.17) is 9.15 Å². The van der Waals surface area contributed by atoms with Crippen molar-refractivity contribution >= 4 is 17.7 Å². The average molecular weight is 340 g/mol. The normalized spacial score (nSPS) is 13.6. The number of allylic oxidation sites excluding steroid dienone is 1. The Bertz CT molecular complexity index is 821. The minimum atomic E-state index is -0.551. The summed E-state index contributed by atoms with van der Waals surface area (Å²) in [6.07, 6.45) is 6.56. The first kappa shape index (κ1) is 17.0. The molecular weight excluding hydrogens is 320 g/mol. The van der Waals surface area contributed by atoms with Crippen molar-refractivity contribution in [3.05, 3.63) is 63.4 Å². The fourth-order valence-corrected chi connectivity index (χ4v) is 2.67. The highest BCUT2D eigenvalue weighted by molar-refractivity contribution is 6.12. The lowest BCUT2D eigenvalue weighted by Crippen LogP contribution is -2.11. The molecule has 2 heterocycles. The van der Waals surface area contributed by atoms with Crippen LogP contribution >= 0.6 is 0 Å². The van der Waals surface area contributed by atoms with Crippen molar-refractivity contribution in [3.63, 3.8) is 0 Å². The zero-order chi connectivity index (χ0) is 17.6. The van der Waals surface area contributed by atoms with Gasteiger partial charge in [0.15, 0.2) is 0 Å². The molecule has 1 aliphatic rings. The highest BCUT2D eigenvalue weighted by Gasteiger charge is 2.14. The highest BCUT2D eigenvalue weighted by Crippen LogP contribution is 2.24. The fraction of sp³-hybridized carbons (Fsp3) is 0.316. The van der Waals surface area contributed by atoms with Gasteiger partial charge in [-0.25, -0.2) is 0 Å². The molecule has 0 unspecified atom stereocenters. The second kappa shape index (κ2) is 7.79. The first-order chi connectivity index (χ1) is 12.2. The number of aliphatic imine (C=N–C) groups is 1. The fourth-order valence-electron chi connectivity index (χ4n) is 2.67. The third-order valence-corrected chi connectivity index (χ3v) is 3.98. The van der Waals surface area contributed by atoms with Crippen LogP contribution in [0.3, 0.4) is 0 Å². The Morgan fingerprint density at radius 3 is 2.96 bits per heavy atom. The van der Waals surface area contributed by atoms with E-state index in [9.17, 15) is 10.1 Å². The number of hydrogen-bond acceptors (Lipinski definition) is 5. The molecule has 2 aromatic rings. The van der Waals surface area contributed by atoms with Crippen LogP contribution in [0, 0.1) is 10.1 Å². The summed E-state index contributed by atoms with van der Waals surface area (Å²) in [7, 11) is 0. The zero-order valence-electron chi connectivity index (χ0n) is 14.1. The van der Waals surface area contributed by atoms with Crippen LogP contribution in [0.25, 0.3) is 6.08 Å². The Hall–Kier alpha value is -2.89. The van der Waals surface area contributed by atoms with Crippen LogP contribution in [-0.2, 0) is 6.42 Å². The standard InChI is InChI=1S/C19H20N2O4/c1-2-3-12-24-16-4-7-17-14(13-16)10-11-20-18(17)8-5-15-6-9-19(25-15)21(22)23/h4-9,13H,2-3,10-12H2,1H3. The molecule has 25 heavy (non-hydrogen) atoms. The molecule has 6 heteroatoms. The van der Waals surface area contributed by atoms with Gasteiger partial charge in [-0.2, -0.15) is 0 Å². The Balaban J connectivity index is 1.74. The lowest BCUT2D eigenvalue weighted by molar-refractivity contribution is -0.402. The van der Waals surface area contributed by atoms with Crippen molar-refractivity contribution in [2.45, 2.75) is 26.2 Å². The molecule has 0 atom stereocenters. The molecule has 0 saturated carbocycles. The van der Waals surface area contributed by atoms with Gasteiger partial charge in [-0.05, 0) is 54.8 Å². The molecule has 0 bridgehead atoms. The third-order valence-electron chi connectivity index (χ3n) is 3.98. The summed E-state index contributed by atoms with van der Waals surface area (Å²) in [6, 6.07) is 8.97. The zero-order valence-corrected chi connectivity index (χ0v) is 14.1. The van der Waals surface area contributed by atoms with Crippen molar-refractivity contribution in [2.24, 2.45) is 4.99 Å². The van der Waals surface area contributed by atoms with Gasteiger partial charge in [0.2, 0.25) is 0 Å². The third kappa shape index (κ3) is 4.15. The smallest absolute Gasteiger partial charge is 0.433 e. The summed E-state index contributed by atoms with van der Waals surface area (Å²) >= 11 is 0. The van der Waals surface area contributed by atoms with Crippen LogP contribution in [0.15, 0.2) is 45.8 Å². The Morgan fingerprint density at radius 1 is 1.32 bits per heavy atom. The van der Waals surface area contributed by atoms with E-state index in [2.05, 4.69) is 18.0 Å². The Labute approximate surface area is 146 Å². The number of furan rings is 1. The van der Waals surface area contributed by atoms with E-state index in [-0.39, 0.29) is 5.88 Å². The first-order valence-corrected chi connectivity index (χ1v) is 8.40. The van der Waals surface area contributed by atoms with Gasteiger partial charge >= 0.3 is 5.88 Å². The summed E-state index contributed by atoms with van der Waals surface area (Å²) in [5.41, 5.74) is 3.11. The molecule has 1 aromatic carbocycles. The van der Waals surface area contributed by atoms with Gasteiger partial charge in [-0.1, -0.05) is 13.3 Å². The molecule has 0 aliphatic carbocycles. The van der Waals surface area contributed by atoms with Gasteiger partial charge in [-0.15, -0.1) is 0 Å². The minimum Gasteiger partial charge on any atom is -0.494 e. The lowest BCUT2D eigenvalue weighted by Gasteiger charge is -2.16. The molecule has 0 spiro atoms. The van der Waals surface area contributed by atoms with Crippen LogP contribution in [0.5, 0.6) is 5.75 Å². The molecule has 3 rings (SSSR count). The van der Waals surface area contributed by atoms with E-state index in [1.807, 2.05) is 18.2 Å². The van der Waals surface area contributed by atoms with E-state index in [1.165, 1.54) is 11.6 Å². The number of nitro groups is 1. The second-order valence-electron chi connectivity index (χ2n) is 5.80. The maximum Gasteiger partial charge on any atom is 0.433 e. The van der Waals surface area contributed by atoms with Crippen LogP contribution in [0.1, 0.15) is 36.7 Å². The molecule has 0 amide bonds. The summed E-state index contributed by atoms with van der Waals surface area (Å²) in [4.78, 5) is 14.7. The van der Waals surface area contributed by atoms with Gasteiger partial charge in [0, 0.05) is 12.1 Å². The Kier molecular flexibility index (Phi) is 5.28. The highest BCUT2D eigenvalue weighted by atomic mass is 16.6. The topological polar surface area (TPSA) is 77.9 Å². The monoisotopic (exact) mass is 340 g/mol. The molecular formula is C19H20N2O4. The molecule has 0 N–H and O–H groups in total. The van der Waals surface area contributed by atoms with Gasteiger partial charge in [0.25, 0.3) is 0 Å². The number of unbranched alkanes of at least 4 members (excludes halogenated alkanes) is 1. The van der Waals surface area contributed by atoms with Gasteiger partial charge in [0.05, 0.1) is 18.4 Å². The minimum absolute atomic E-state index is 0.264. The van der Waals surface area contributed by atoms with Crippen molar-refractivity contribution in [3.8, 4) is 5.75 Å². The summed E-state index contributed by atoms with van der Waals surface area (Å²) < 4.78 is 10.9. The molecule has 1 aliphatic heterocycles. The number of nitrogens with zero attached hydrogens (tertiary/aromatic N) is 2. The largest absolute Gasteiger partial charge is 0.494 e. The van der Waals surface area contributed by atoms with Crippen molar-refractivity contribution in [2.75, 3.05) is 13.2 Å². The predicted octanol–water partition coefficient (Wildman–Crippen LogP) is 4.43. The van der Waals surface area contributed by atoms with Crippen molar-refractivity contribution in [1.29, 1.82) is 0 Å². The van der Waals surface area contributed by atoms with Crippen molar-refractivity contribution in [1.82, 2.24) is 0 Å². The quantitative estimate of drug-likeness (QED) is 0.424. The molecule has 6 nitrogen and oxygen atoms in total. The Morgan fingerprint density at radius 2 is 2.20 bits per heavy atom. The summed E-state index contributed by atoms with van der Waals surface area (Å²) in [6.45, 7) is 3.58. The number of rotatable bonds is 7. The maximum atomic E-state index is 10.7. The number of ether oxygens (including phenoxy) is 1. The number of hydrogen-bond donors (Lipinski definition) is 0. The SMILES string of the molecule is CCCCOc1ccc2c(c1)CCN=C2C=Cc1ccc([N+](=O)[O-])o1. The molecule has 0 saturated heterocycles. The van der Waals surface area contributed by atoms with E-state index >= 15 is 0 Å². The maximum absolute atomic E-state index is 10.7. The van der Waals surface area contributed by atoms with Crippen LogP contribution in [0.4, 0.5) is 5.88 Å². The average Bonchev–Trinajstić information content (AvgIpc) is 3.09. The number of fused-ring (bicyclic) bond motifs is 1. The molecule has 0 fully saturated rings. The summed E-state index contributed by atoms with van der Waals surface area (Å²) in [5.74, 6) is 1.06. The second-order valence-corrected chi connectivity index (χ2v) is 5.80. The molecule has 130 valence electrons. The van der Waals surface area contributed by atoms with Crippen LogP contribution in [-0.4, -0.2) is 23.8 Å². The van der Waals surface area contributed by atoms with E-state index < -0.39 is 4.92 Å². The van der Waals surface area contributed by atoms with Gasteiger partial charge < -0.3 is 9.15 Å². The van der Waals surface area contributed by atoms with E-state index in [1.54, 1.807) is 12.1 Å². The van der Waals surface area contributed by atoms with Gasteiger partial charge in [-0.3, -0.25) is 15.1 Å². The molecule has 0 radical (unpaired) electrons. The lowest BCUT2D eigenvalue weighted by atomic mass is 9.97. The van der Waals surface area contributed by atoms with E-state index in [0.717, 1.165) is 42.9 Å². The number of benzene rings is 1.